The molecule has 9 heteroatoms. The molecule has 1 atom stereocenters. The molecule has 0 spiro atoms. The fraction of sp³-hybridized carbons (Fsp3) is 0.118. The number of Topliss-reactive ketones (excluding diaryl/α,β-unsaturated/α-hetero) is 1. The van der Waals surface area contributed by atoms with Crippen LogP contribution in [0.5, 0.6) is 0 Å². The molecule has 5 nitrogen and oxygen atoms in total. The van der Waals surface area contributed by atoms with Crippen molar-refractivity contribution in [3.8, 4) is 0 Å². The summed E-state index contributed by atoms with van der Waals surface area (Å²) in [5.74, 6) is 0.344. The number of rotatable bonds is 5. The van der Waals surface area contributed by atoms with Crippen molar-refractivity contribution in [1.82, 2.24) is 10.2 Å². The predicted octanol–water partition coefficient (Wildman–Crippen LogP) is 3.42. The fourth-order valence-electron chi connectivity index (χ4n) is 2.48. The van der Waals surface area contributed by atoms with E-state index >= 15 is 0 Å². The number of aromatic nitrogens is 2. The third-order valence-corrected chi connectivity index (χ3v) is 9.74. The standard InChI is InChI=1S/C17H12BrN3O2S2Se/c18-13-7-5-11(6-8-13)14(22)10-24-17-20-19-16(25-17)21-9-12-3-1-2-4-15(12)26(21)23/h1-8H,9-10H2. The molecule has 0 radical (unpaired) electrons. The molecule has 4 rings (SSSR count). The van der Waals surface area contributed by atoms with Gasteiger partial charge in [0.25, 0.3) is 0 Å². The molecule has 3 aromatic rings. The molecular formula is C17H12BrN3O2S2Se. The van der Waals surface area contributed by atoms with Crippen LogP contribution in [0, 0.1) is 0 Å². The quantitative estimate of drug-likeness (QED) is 0.296. The van der Waals surface area contributed by atoms with Crippen molar-refractivity contribution in [2.24, 2.45) is 0 Å². The van der Waals surface area contributed by atoms with Crippen molar-refractivity contribution in [3.05, 3.63) is 64.1 Å². The summed E-state index contributed by atoms with van der Waals surface area (Å²) in [7, 11) is 0. The van der Waals surface area contributed by atoms with E-state index in [9.17, 15) is 8.63 Å². The summed E-state index contributed by atoms with van der Waals surface area (Å²) < 4.78 is 17.1. The van der Waals surface area contributed by atoms with Crippen LogP contribution >= 0.6 is 39.0 Å². The summed E-state index contributed by atoms with van der Waals surface area (Å²) in [5.41, 5.74) is 1.76. The van der Waals surface area contributed by atoms with E-state index in [0.29, 0.717) is 27.3 Å². The number of thioether (sulfide) groups is 1. The van der Waals surface area contributed by atoms with Gasteiger partial charge in [-0.05, 0) is 0 Å². The minimum atomic E-state index is -2.31. The Balaban J connectivity index is 1.42. The van der Waals surface area contributed by atoms with Crippen LogP contribution in [0.1, 0.15) is 15.9 Å². The minimum absolute atomic E-state index is 0.0444. The first-order valence-electron chi connectivity index (χ1n) is 7.64. The van der Waals surface area contributed by atoms with E-state index in [-0.39, 0.29) is 5.78 Å². The Labute approximate surface area is 171 Å². The number of ketones is 1. The Morgan fingerprint density at radius 1 is 1.19 bits per heavy atom. The van der Waals surface area contributed by atoms with Gasteiger partial charge in [-0.3, -0.25) is 0 Å². The molecule has 0 saturated heterocycles. The SMILES string of the molecule is O=C(CSc1nnc(N2Cc3ccccc3[Se]2=O)s1)c1ccc(Br)cc1. The van der Waals surface area contributed by atoms with Crippen LogP contribution in [0.15, 0.2) is 57.3 Å². The van der Waals surface area contributed by atoms with E-state index in [1.807, 2.05) is 40.3 Å². The Bertz CT molecular complexity index is 994. The average molecular weight is 513 g/mol. The maximum atomic E-state index is 12.7. The van der Waals surface area contributed by atoms with Crippen molar-refractivity contribution in [3.63, 3.8) is 0 Å². The molecule has 1 aliphatic rings. The van der Waals surface area contributed by atoms with Gasteiger partial charge in [0.15, 0.2) is 0 Å². The third kappa shape index (κ3) is 3.68. The van der Waals surface area contributed by atoms with Crippen LogP contribution < -0.4 is 8.38 Å². The number of nitrogens with zero attached hydrogens (tertiary/aromatic N) is 3. The number of carbonyl (C=O) groups is 1. The second kappa shape index (κ2) is 7.70. The number of fused-ring (bicyclic) bond motifs is 1. The first kappa shape index (κ1) is 18.0. The molecule has 0 aliphatic carbocycles. The van der Waals surface area contributed by atoms with Gasteiger partial charge in [0.05, 0.1) is 0 Å². The molecule has 0 amide bonds. The van der Waals surface area contributed by atoms with Crippen molar-refractivity contribution in [2.75, 3.05) is 9.67 Å². The number of hydrogen-bond donors (Lipinski definition) is 0. The molecule has 132 valence electrons. The van der Waals surface area contributed by atoms with Gasteiger partial charge in [0.2, 0.25) is 0 Å². The Hall–Kier alpha value is -1.38. The van der Waals surface area contributed by atoms with Gasteiger partial charge in [-0.15, -0.1) is 0 Å². The number of hydrogen-bond acceptors (Lipinski definition) is 6. The topological polar surface area (TPSA) is 63.2 Å². The van der Waals surface area contributed by atoms with Crippen LogP contribution in [0.3, 0.4) is 0 Å². The third-order valence-electron chi connectivity index (χ3n) is 3.78. The van der Waals surface area contributed by atoms with E-state index in [1.54, 1.807) is 12.1 Å². The van der Waals surface area contributed by atoms with Gasteiger partial charge in [0, 0.05) is 0 Å². The summed E-state index contributed by atoms with van der Waals surface area (Å²) in [6.45, 7) is 0.599. The van der Waals surface area contributed by atoms with Gasteiger partial charge in [-0.25, -0.2) is 0 Å². The molecule has 0 N–H and O–H groups in total. The fourth-order valence-corrected chi connectivity index (χ4v) is 7.54. The molecule has 2 aromatic carbocycles. The van der Waals surface area contributed by atoms with E-state index in [4.69, 9.17) is 0 Å². The molecule has 0 bridgehead atoms. The van der Waals surface area contributed by atoms with Crippen LogP contribution in [0.2, 0.25) is 0 Å². The number of benzene rings is 2. The van der Waals surface area contributed by atoms with E-state index in [1.165, 1.54) is 23.1 Å². The zero-order valence-corrected chi connectivity index (χ0v) is 18.2. The van der Waals surface area contributed by atoms with E-state index < -0.39 is 14.1 Å². The molecule has 1 aromatic heterocycles. The van der Waals surface area contributed by atoms with Gasteiger partial charge in [0.1, 0.15) is 0 Å². The van der Waals surface area contributed by atoms with E-state index in [0.717, 1.165) is 14.5 Å². The van der Waals surface area contributed by atoms with Gasteiger partial charge >= 0.3 is 172 Å². The second-order valence-corrected chi connectivity index (χ2v) is 11.4. The first-order chi connectivity index (χ1) is 12.6. The summed E-state index contributed by atoms with van der Waals surface area (Å²) in [4.78, 5) is 12.3. The van der Waals surface area contributed by atoms with Crippen LogP contribution in [0.25, 0.3) is 0 Å². The molecule has 0 fully saturated rings. The normalized spacial score (nSPS) is 15.9. The van der Waals surface area contributed by atoms with Crippen LogP contribution in [0.4, 0.5) is 5.13 Å². The molecule has 1 aliphatic heterocycles. The van der Waals surface area contributed by atoms with Crippen molar-refractivity contribution in [2.45, 2.75) is 10.9 Å². The Kier molecular flexibility index (Phi) is 5.33. The molecular weight excluding hydrogens is 501 g/mol. The Morgan fingerprint density at radius 3 is 2.73 bits per heavy atom. The van der Waals surface area contributed by atoms with Gasteiger partial charge < -0.3 is 0 Å². The number of halogens is 1. The van der Waals surface area contributed by atoms with Gasteiger partial charge in [-0.2, -0.15) is 0 Å². The summed E-state index contributed by atoms with van der Waals surface area (Å²) in [5, 5.41) is 8.98. The van der Waals surface area contributed by atoms with Crippen LogP contribution in [-0.2, 0) is 10.4 Å². The molecule has 0 saturated carbocycles. The first-order valence-corrected chi connectivity index (χ1v) is 12.6. The average Bonchev–Trinajstić information content (AvgIpc) is 3.25. The second-order valence-electron chi connectivity index (χ2n) is 5.46. The predicted molar refractivity (Wildman–Crippen MR) is 108 cm³/mol. The summed E-state index contributed by atoms with van der Waals surface area (Å²) in [6.07, 6.45) is 0. The zero-order valence-electron chi connectivity index (χ0n) is 13.3. The Morgan fingerprint density at radius 2 is 1.96 bits per heavy atom. The van der Waals surface area contributed by atoms with E-state index in [2.05, 4.69) is 26.1 Å². The molecule has 2 heterocycles. The monoisotopic (exact) mass is 513 g/mol. The van der Waals surface area contributed by atoms with Gasteiger partial charge in [-0.1, -0.05) is 0 Å². The number of carbonyl (C=O) groups excluding carboxylic acids is 1. The zero-order chi connectivity index (χ0) is 18.1. The molecule has 26 heavy (non-hydrogen) atoms. The summed E-state index contributed by atoms with van der Waals surface area (Å²) >= 11 is 3.80. The van der Waals surface area contributed by atoms with Crippen molar-refractivity contribution < 1.29 is 8.63 Å². The maximum absolute atomic E-state index is 12.7. The number of anilines is 1. The summed E-state index contributed by atoms with van der Waals surface area (Å²) in [6, 6.07) is 15.1. The van der Waals surface area contributed by atoms with Crippen LogP contribution in [-0.4, -0.2) is 35.8 Å². The van der Waals surface area contributed by atoms with Crippen molar-refractivity contribution >= 4 is 68.5 Å². The molecule has 1 unspecified atom stereocenters. The van der Waals surface area contributed by atoms with Crippen molar-refractivity contribution in [1.29, 1.82) is 0 Å².